The van der Waals surface area contributed by atoms with Crippen LogP contribution in [-0.4, -0.2) is 18.4 Å². The molecule has 0 heterocycles. The third-order valence-corrected chi connectivity index (χ3v) is 4.86. The topological polar surface area (TPSA) is 52.6 Å². The largest absolute Gasteiger partial charge is 0.493 e. The van der Waals surface area contributed by atoms with Crippen molar-refractivity contribution in [3.63, 3.8) is 0 Å². The van der Waals surface area contributed by atoms with E-state index in [2.05, 4.69) is 0 Å². The van der Waals surface area contributed by atoms with Gasteiger partial charge in [0, 0.05) is 11.1 Å². The molecule has 0 unspecified atom stereocenters. The second-order valence-electron chi connectivity index (χ2n) is 7.37. The van der Waals surface area contributed by atoms with Gasteiger partial charge >= 0.3 is 5.97 Å². The zero-order valence-electron chi connectivity index (χ0n) is 17.6. The third kappa shape index (κ3) is 5.57. The Balaban J connectivity index is 1.71. The first-order valence-corrected chi connectivity index (χ1v) is 9.99. The highest BCUT2D eigenvalue weighted by Gasteiger charge is 2.26. The highest BCUT2D eigenvalue weighted by Crippen LogP contribution is 2.24. The van der Waals surface area contributed by atoms with Gasteiger partial charge in [-0.2, -0.15) is 0 Å². The normalized spacial score (nSPS) is 11.6. The van der Waals surface area contributed by atoms with Crippen LogP contribution in [0, 0.1) is 20.8 Å². The number of rotatable bonds is 8. The van der Waals surface area contributed by atoms with Crippen molar-refractivity contribution in [1.29, 1.82) is 0 Å². The maximum absolute atomic E-state index is 13.1. The Bertz CT molecular complexity index is 1000. The van der Waals surface area contributed by atoms with Crippen LogP contribution in [0.25, 0.3) is 0 Å². The van der Waals surface area contributed by atoms with Crippen LogP contribution >= 0.6 is 0 Å². The number of hydrogen-bond acceptors (Lipinski definition) is 4. The van der Waals surface area contributed by atoms with Gasteiger partial charge in [0.2, 0.25) is 5.78 Å². The quantitative estimate of drug-likeness (QED) is 0.366. The van der Waals surface area contributed by atoms with E-state index in [9.17, 15) is 9.59 Å². The molecule has 0 aliphatic rings. The van der Waals surface area contributed by atoms with Crippen LogP contribution in [0.15, 0.2) is 72.8 Å². The second kappa shape index (κ2) is 9.88. The Labute approximate surface area is 177 Å². The molecule has 0 aliphatic carbocycles. The highest BCUT2D eigenvalue weighted by molar-refractivity contribution is 6.01. The molecule has 0 fully saturated rings. The molecule has 0 amide bonds. The number of esters is 1. The standard InChI is InChI=1S/C26H26O4/c1-18-8-12-21(13-9-18)25(28)26(22-14-10-19(2)11-15-22)30-24(27)16-17-29-23-7-5-4-6-20(23)3/h4-15,26H,16-17H2,1-3H3/t26-/m1/s1. The Morgan fingerprint density at radius 1 is 0.800 bits per heavy atom. The Morgan fingerprint density at radius 2 is 1.40 bits per heavy atom. The fraction of sp³-hybridized carbons (Fsp3) is 0.231. The summed E-state index contributed by atoms with van der Waals surface area (Å²) in [5, 5.41) is 0. The van der Waals surface area contributed by atoms with Gasteiger partial charge in [0.15, 0.2) is 6.10 Å². The predicted octanol–water partition coefficient (Wildman–Crippen LogP) is 5.55. The molecule has 3 rings (SSSR count). The van der Waals surface area contributed by atoms with Crippen molar-refractivity contribution in [2.24, 2.45) is 0 Å². The van der Waals surface area contributed by atoms with Gasteiger partial charge in [-0.15, -0.1) is 0 Å². The van der Waals surface area contributed by atoms with Crippen LogP contribution in [-0.2, 0) is 9.53 Å². The van der Waals surface area contributed by atoms with Crippen LogP contribution in [0.1, 0.15) is 45.1 Å². The Hall–Kier alpha value is -3.40. The Morgan fingerprint density at radius 3 is 2.03 bits per heavy atom. The van der Waals surface area contributed by atoms with Crippen molar-refractivity contribution in [2.75, 3.05) is 6.61 Å². The minimum absolute atomic E-state index is 0.0534. The number of aryl methyl sites for hydroxylation is 3. The summed E-state index contributed by atoms with van der Waals surface area (Å²) >= 11 is 0. The summed E-state index contributed by atoms with van der Waals surface area (Å²) in [6, 6.07) is 22.3. The van der Waals surface area contributed by atoms with E-state index >= 15 is 0 Å². The molecule has 154 valence electrons. The van der Waals surface area contributed by atoms with E-state index in [0.717, 1.165) is 22.4 Å². The minimum atomic E-state index is -0.987. The average molecular weight is 402 g/mol. The third-order valence-electron chi connectivity index (χ3n) is 4.86. The van der Waals surface area contributed by atoms with E-state index in [1.807, 2.05) is 81.4 Å². The van der Waals surface area contributed by atoms with Gasteiger partial charge in [-0.3, -0.25) is 9.59 Å². The maximum Gasteiger partial charge on any atom is 0.310 e. The molecule has 3 aromatic carbocycles. The lowest BCUT2D eigenvalue weighted by Crippen LogP contribution is -2.21. The van der Waals surface area contributed by atoms with E-state index < -0.39 is 12.1 Å². The van der Waals surface area contributed by atoms with Gasteiger partial charge in [0.05, 0.1) is 13.0 Å². The van der Waals surface area contributed by atoms with Crippen molar-refractivity contribution >= 4 is 11.8 Å². The first-order valence-electron chi connectivity index (χ1n) is 9.99. The smallest absolute Gasteiger partial charge is 0.310 e. The summed E-state index contributed by atoms with van der Waals surface area (Å²) < 4.78 is 11.3. The lowest BCUT2D eigenvalue weighted by molar-refractivity contribution is -0.147. The molecule has 0 aromatic heterocycles. The molecule has 0 N–H and O–H groups in total. The summed E-state index contributed by atoms with van der Waals surface area (Å²) in [6.45, 7) is 6.06. The van der Waals surface area contributed by atoms with Crippen molar-refractivity contribution in [2.45, 2.75) is 33.3 Å². The predicted molar refractivity (Wildman–Crippen MR) is 117 cm³/mol. The summed E-state index contributed by atoms with van der Waals surface area (Å²) in [5.74, 6) is 0.0118. The molecular weight excluding hydrogens is 376 g/mol. The number of benzene rings is 3. The molecule has 30 heavy (non-hydrogen) atoms. The van der Waals surface area contributed by atoms with Crippen LogP contribution < -0.4 is 4.74 Å². The van der Waals surface area contributed by atoms with E-state index in [-0.39, 0.29) is 18.8 Å². The van der Waals surface area contributed by atoms with E-state index in [4.69, 9.17) is 9.47 Å². The van der Waals surface area contributed by atoms with E-state index in [1.165, 1.54) is 0 Å². The van der Waals surface area contributed by atoms with Gasteiger partial charge in [-0.05, 0) is 32.4 Å². The molecule has 4 heteroatoms. The molecule has 0 bridgehead atoms. The number of hydrogen-bond donors (Lipinski definition) is 0. The number of Topliss-reactive ketones (excluding diaryl/α,β-unsaturated/α-hetero) is 1. The average Bonchev–Trinajstić information content (AvgIpc) is 2.74. The first kappa shape index (κ1) is 21.3. The number of ether oxygens (including phenoxy) is 2. The van der Waals surface area contributed by atoms with Gasteiger partial charge < -0.3 is 9.47 Å². The SMILES string of the molecule is Cc1ccc(C(=O)[C@H](OC(=O)CCOc2ccccc2C)c2ccc(C)cc2)cc1. The van der Waals surface area contributed by atoms with Crippen molar-refractivity contribution < 1.29 is 19.1 Å². The summed E-state index contributed by atoms with van der Waals surface area (Å²) in [7, 11) is 0. The zero-order valence-corrected chi connectivity index (χ0v) is 17.6. The molecule has 0 radical (unpaired) electrons. The van der Waals surface area contributed by atoms with Crippen LogP contribution in [0.2, 0.25) is 0 Å². The minimum Gasteiger partial charge on any atom is -0.493 e. The van der Waals surface area contributed by atoms with Gasteiger partial charge in [0.25, 0.3) is 0 Å². The molecular formula is C26H26O4. The van der Waals surface area contributed by atoms with Gasteiger partial charge in [-0.25, -0.2) is 0 Å². The lowest BCUT2D eigenvalue weighted by Gasteiger charge is -2.18. The van der Waals surface area contributed by atoms with E-state index in [1.54, 1.807) is 12.1 Å². The molecule has 1 atom stereocenters. The number of carbonyl (C=O) groups is 2. The summed E-state index contributed by atoms with van der Waals surface area (Å²) in [4.78, 5) is 25.6. The van der Waals surface area contributed by atoms with Gasteiger partial charge in [-0.1, -0.05) is 77.9 Å². The van der Waals surface area contributed by atoms with Crippen LogP contribution in [0.5, 0.6) is 5.75 Å². The Kier molecular flexibility index (Phi) is 7.02. The zero-order chi connectivity index (χ0) is 21.5. The fourth-order valence-corrected chi connectivity index (χ4v) is 3.04. The monoisotopic (exact) mass is 402 g/mol. The summed E-state index contributed by atoms with van der Waals surface area (Å²) in [5.41, 5.74) is 4.29. The second-order valence-corrected chi connectivity index (χ2v) is 7.37. The van der Waals surface area contributed by atoms with Crippen LogP contribution in [0.3, 0.4) is 0 Å². The highest BCUT2D eigenvalue weighted by atomic mass is 16.5. The first-order chi connectivity index (χ1) is 14.4. The molecule has 0 aliphatic heterocycles. The number of carbonyl (C=O) groups excluding carboxylic acids is 2. The van der Waals surface area contributed by atoms with Crippen molar-refractivity contribution in [3.8, 4) is 5.75 Å². The van der Waals surface area contributed by atoms with Crippen molar-refractivity contribution in [1.82, 2.24) is 0 Å². The molecule has 0 saturated carbocycles. The molecule has 0 spiro atoms. The van der Waals surface area contributed by atoms with Gasteiger partial charge in [0.1, 0.15) is 5.75 Å². The molecule has 0 saturated heterocycles. The maximum atomic E-state index is 13.1. The fourth-order valence-electron chi connectivity index (χ4n) is 3.04. The lowest BCUT2D eigenvalue weighted by atomic mass is 9.98. The molecule has 3 aromatic rings. The summed E-state index contributed by atoms with van der Waals surface area (Å²) in [6.07, 6.45) is -0.933. The number of para-hydroxylation sites is 1. The number of ketones is 1. The molecule has 4 nitrogen and oxygen atoms in total. The van der Waals surface area contributed by atoms with Crippen LogP contribution in [0.4, 0.5) is 0 Å². The van der Waals surface area contributed by atoms with Crippen molar-refractivity contribution in [3.05, 3.63) is 101 Å². The van der Waals surface area contributed by atoms with E-state index in [0.29, 0.717) is 11.1 Å².